The molecule has 0 radical (unpaired) electrons. The van der Waals surface area contributed by atoms with E-state index < -0.39 is 24.1 Å². The smallest absolute Gasteiger partial charge is 0.407 e. The van der Waals surface area contributed by atoms with Gasteiger partial charge in [0.2, 0.25) is 11.8 Å². The largest absolute Gasteiger partial charge is 0.449 e. The van der Waals surface area contributed by atoms with Gasteiger partial charge in [0.25, 0.3) is 0 Å². The number of carbonyl (C=O) groups excluding carboxylic acids is 3. The normalized spacial score (nSPS) is 14.2. The molecule has 0 saturated carbocycles. The summed E-state index contributed by atoms with van der Waals surface area (Å²) in [6.07, 6.45) is -0.677. The van der Waals surface area contributed by atoms with Crippen LogP contribution in [0.5, 0.6) is 0 Å². The quantitative estimate of drug-likeness (QED) is 0.638. The lowest BCUT2D eigenvalue weighted by Gasteiger charge is -2.20. The van der Waals surface area contributed by atoms with E-state index in [0.29, 0.717) is 0 Å². The Morgan fingerprint density at radius 3 is 1.81 bits per heavy atom. The molecule has 31 heavy (non-hydrogen) atoms. The molecule has 0 aromatic heterocycles. The second-order valence-electron chi connectivity index (χ2n) is 8.09. The maximum atomic E-state index is 12.3. The van der Waals surface area contributed by atoms with Crippen molar-refractivity contribution in [1.82, 2.24) is 16.0 Å². The van der Waals surface area contributed by atoms with Crippen molar-refractivity contribution in [3.63, 3.8) is 0 Å². The number of hydrogen-bond donors (Lipinski definition) is 3. The molecule has 1 aliphatic rings. The predicted octanol–water partition coefficient (Wildman–Crippen LogP) is 2.94. The van der Waals surface area contributed by atoms with Crippen LogP contribution in [-0.2, 0) is 14.3 Å². The van der Waals surface area contributed by atoms with Crippen molar-refractivity contribution in [2.24, 2.45) is 0 Å². The highest BCUT2D eigenvalue weighted by molar-refractivity contribution is 5.91. The molecule has 3 amide bonds. The second kappa shape index (κ2) is 9.64. The van der Waals surface area contributed by atoms with Gasteiger partial charge < -0.3 is 20.7 Å². The zero-order chi connectivity index (χ0) is 22.5. The van der Waals surface area contributed by atoms with Crippen molar-refractivity contribution >= 4 is 17.9 Å². The molecule has 7 heteroatoms. The van der Waals surface area contributed by atoms with Crippen LogP contribution in [0.3, 0.4) is 0 Å². The van der Waals surface area contributed by atoms with Crippen LogP contribution in [0.4, 0.5) is 4.79 Å². The second-order valence-corrected chi connectivity index (χ2v) is 8.09. The number of rotatable bonds is 7. The van der Waals surface area contributed by atoms with E-state index in [1.165, 1.54) is 0 Å². The first-order valence-corrected chi connectivity index (χ1v) is 10.5. The Morgan fingerprint density at radius 2 is 1.26 bits per heavy atom. The number of fused-ring (bicyclic) bond motifs is 3. The van der Waals surface area contributed by atoms with E-state index in [2.05, 4.69) is 28.1 Å². The SMILES string of the molecule is CC(C)NC(=O)[C@H](C)NC(=O)[C@H](C)NC(=O)OCC1c2ccccc2-c2ccccc21. The molecule has 2 aromatic rings. The zero-order valence-corrected chi connectivity index (χ0v) is 18.3. The van der Waals surface area contributed by atoms with E-state index >= 15 is 0 Å². The van der Waals surface area contributed by atoms with Crippen molar-refractivity contribution in [3.8, 4) is 11.1 Å². The fourth-order valence-electron chi connectivity index (χ4n) is 3.70. The van der Waals surface area contributed by atoms with Gasteiger partial charge in [-0.05, 0) is 49.9 Å². The summed E-state index contributed by atoms with van der Waals surface area (Å²) in [5.41, 5.74) is 4.53. The zero-order valence-electron chi connectivity index (χ0n) is 18.3. The topological polar surface area (TPSA) is 96.5 Å². The molecule has 0 bridgehead atoms. The van der Waals surface area contributed by atoms with Crippen molar-refractivity contribution < 1.29 is 19.1 Å². The van der Waals surface area contributed by atoms with E-state index in [-0.39, 0.29) is 24.5 Å². The Kier molecular flexibility index (Phi) is 6.95. The molecule has 0 spiro atoms. The van der Waals surface area contributed by atoms with E-state index in [0.717, 1.165) is 22.3 Å². The van der Waals surface area contributed by atoms with Gasteiger partial charge in [0, 0.05) is 12.0 Å². The highest BCUT2D eigenvalue weighted by Crippen LogP contribution is 2.44. The fourth-order valence-corrected chi connectivity index (χ4v) is 3.70. The van der Waals surface area contributed by atoms with Crippen LogP contribution < -0.4 is 16.0 Å². The van der Waals surface area contributed by atoms with Crippen LogP contribution in [0, 0.1) is 0 Å². The number of nitrogens with one attached hydrogen (secondary N) is 3. The van der Waals surface area contributed by atoms with Crippen molar-refractivity contribution in [3.05, 3.63) is 59.7 Å². The first-order valence-electron chi connectivity index (χ1n) is 10.5. The maximum Gasteiger partial charge on any atom is 0.407 e. The summed E-state index contributed by atoms with van der Waals surface area (Å²) in [7, 11) is 0. The molecule has 3 rings (SSSR count). The highest BCUT2D eigenvalue weighted by Gasteiger charge is 2.29. The van der Waals surface area contributed by atoms with Gasteiger partial charge in [-0.2, -0.15) is 0 Å². The maximum absolute atomic E-state index is 12.3. The van der Waals surface area contributed by atoms with Crippen molar-refractivity contribution in [1.29, 1.82) is 0 Å². The van der Waals surface area contributed by atoms with Gasteiger partial charge in [0.15, 0.2) is 0 Å². The van der Waals surface area contributed by atoms with Gasteiger partial charge in [-0.3, -0.25) is 9.59 Å². The molecule has 1 aliphatic carbocycles. The third kappa shape index (κ3) is 5.23. The number of amides is 3. The molecule has 3 N–H and O–H groups in total. The minimum absolute atomic E-state index is 0.0248. The predicted molar refractivity (Wildman–Crippen MR) is 119 cm³/mol. The molecule has 2 aromatic carbocycles. The summed E-state index contributed by atoms with van der Waals surface area (Å²) < 4.78 is 5.46. The van der Waals surface area contributed by atoms with Crippen molar-refractivity contribution in [2.75, 3.05) is 6.61 Å². The summed E-state index contributed by atoms with van der Waals surface area (Å²) in [4.78, 5) is 36.6. The number of benzene rings is 2. The van der Waals surface area contributed by atoms with Crippen LogP contribution in [0.15, 0.2) is 48.5 Å². The van der Waals surface area contributed by atoms with Gasteiger partial charge in [-0.25, -0.2) is 4.79 Å². The van der Waals surface area contributed by atoms with Crippen LogP contribution in [-0.4, -0.2) is 42.6 Å². The van der Waals surface area contributed by atoms with Gasteiger partial charge >= 0.3 is 6.09 Å². The summed E-state index contributed by atoms with van der Waals surface area (Å²) in [5.74, 6) is -0.793. The lowest BCUT2D eigenvalue weighted by molar-refractivity contribution is -0.129. The third-order valence-corrected chi connectivity index (χ3v) is 5.25. The molecule has 7 nitrogen and oxygen atoms in total. The van der Waals surface area contributed by atoms with Gasteiger partial charge in [-0.1, -0.05) is 48.5 Å². The van der Waals surface area contributed by atoms with Gasteiger partial charge in [0.05, 0.1) is 0 Å². The number of alkyl carbamates (subject to hydrolysis) is 1. The molecular weight excluding hydrogens is 394 g/mol. The van der Waals surface area contributed by atoms with Crippen LogP contribution in [0.1, 0.15) is 44.7 Å². The third-order valence-electron chi connectivity index (χ3n) is 5.25. The molecule has 164 valence electrons. The standard InChI is InChI=1S/C24H29N3O4/c1-14(2)25-22(28)15(3)26-23(29)16(4)27-24(30)31-13-21-19-11-7-5-9-17(19)18-10-6-8-12-20(18)21/h5-12,14-16,21H,13H2,1-4H3,(H,25,28)(H,26,29)(H,27,30)/t15-,16-/m0/s1. The molecule has 0 heterocycles. The average Bonchev–Trinajstić information content (AvgIpc) is 3.05. The van der Waals surface area contributed by atoms with E-state index in [1.54, 1.807) is 13.8 Å². The monoisotopic (exact) mass is 423 g/mol. The van der Waals surface area contributed by atoms with Gasteiger partial charge in [0.1, 0.15) is 18.7 Å². The van der Waals surface area contributed by atoms with Crippen molar-refractivity contribution in [2.45, 2.75) is 51.7 Å². The summed E-state index contributed by atoms with van der Waals surface area (Å²) in [6.45, 7) is 6.99. The minimum atomic E-state index is -0.843. The summed E-state index contributed by atoms with van der Waals surface area (Å²) >= 11 is 0. The van der Waals surface area contributed by atoms with Gasteiger partial charge in [-0.15, -0.1) is 0 Å². The lowest BCUT2D eigenvalue weighted by Crippen LogP contribution is -2.52. The summed E-state index contributed by atoms with van der Waals surface area (Å²) in [6, 6.07) is 14.6. The Labute approximate surface area is 182 Å². The van der Waals surface area contributed by atoms with E-state index in [1.807, 2.05) is 50.2 Å². The van der Waals surface area contributed by atoms with Crippen LogP contribution >= 0.6 is 0 Å². The molecule has 0 fully saturated rings. The highest BCUT2D eigenvalue weighted by atomic mass is 16.5. The molecule has 0 unspecified atom stereocenters. The fraction of sp³-hybridized carbons (Fsp3) is 0.375. The molecule has 2 atom stereocenters. The van der Waals surface area contributed by atoms with Crippen LogP contribution in [0.25, 0.3) is 11.1 Å². The van der Waals surface area contributed by atoms with E-state index in [4.69, 9.17) is 4.74 Å². The number of hydrogen-bond acceptors (Lipinski definition) is 4. The Balaban J connectivity index is 1.54. The Hall–Kier alpha value is -3.35. The number of ether oxygens (including phenoxy) is 1. The molecule has 0 saturated heterocycles. The first-order chi connectivity index (χ1) is 14.8. The molecular formula is C24H29N3O4. The average molecular weight is 424 g/mol. The minimum Gasteiger partial charge on any atom is -0.449 e. The van der Waals surface area contributed by atoms with Crippen LogP contribution in [0.2, 0.25) is 0 Å². The summed E-state index contributed by atoms with van der Waals surface area (Å²) in [5, 5.41) is 7.85. The Bertz CT molecular complexity index is 927. The lowest BCUT2D eigenvalue weighted by atomic mass is 9.98. The number of carbonyl (C=O) groups is 3. The van der Waals surface area contributed by atoms with E-state index in [9.17, 15) is 14.4 Å². The Morgan fingerprint density at radius 1 is 0.774 bits per heavy atom. The molecule has 0 aliphatic heterocycles. The first kappa shape index (κ1) is 22.3.